The number of aliphatic hydroxyl groups is 1. The van der Waals surface area contributed by atoms with Crippen LogP contribution in [0.25, 0.3) is 5.69 Å². The number of aromatic nitrogens is 2. The lowest BCUT2D eigenvalue weighted by molar-refractivity contribution is -0.137. The Morgan fingerprint density at radius 3 is 2.89 bits per heavy atom. The fourth-order valence-corrected chi connectivity index (χ4v) is 3.98. The molecule has 1 saturated heterocycles. The first-order valence-corrected chi connectivity index (χ1v) is 9.33. The number of hydrogen-bond acceptors (Lipinski definition) is 4. The number of primary amides is 1. The summed E-state index contributed by atoms with van der Waals surface area (Å²) < 4.78 is 1.76. The van der Waals surface area contributed by atoms with Crippen LogP contribution in [-0.2, 0) is 11.2 Å². The number of nitrogens with zero attached hydrogens (tertiary/aromatic N) is 3. The van der Waals surface area contributed by atoms with Crippen molar-refractivity contribution in [2.75, 3.05) is 13.6 Å². The lowest BCUT2D eigenvalue weighted by Gasteiger charge is -2.13. The summed E-state index contributed by atoms with van der Waals surface area (Å²) in [5.41, 5.74) is 7.57. The van der Waals surface area contributed by atoms with Crippen LogP contribution in [0.2, 0.25) is 0 Å². The molecule has 1 aromatic heterocycles. The molecule has 2 amide bonds. The molecule has 0 saturated carbocycles. The standard InChI is InChI=1S/C21H22N4O3/c1-13-6-7-16-17(13)18(19(22)26)23-25(16)15-5-3-4-14(12-15)8-9-21(28)10-11-24(2)20(21)27/h3-5,12-13,28H,6-7,10-11H2,1-2H3,(H2,22,26). The topological polar surface area (TPSA) is 101 Å². The van der Waals surface area contributed by atoms with E-state index in [4.69, 9.17) is 5.73 Å². The first kappa shape index (κ1) is 18.3. The fraction of sp³-hybridized carbons (Fsp3) is 0.381. The van der Waals surface area contributed by atoms with Crippen LogP contribution < -0.4 is 5.73 Å². The Hall–Kier alpha value is -3.11. The zero-order chi connectivity index (χ0) is 20.1. The Morgan fingerprint density at radius 1 is 1.43 bits per heavy atom. The summed E-state index contributed by atoms with van der Waals surface area (Å²) in [7, 11) is 1.65. The van der Waals surface area contributed by atoms with Gasteiger partial charge in [0.2, 0.25) is 5.60 Å². The molecule has 2 unspecified atom stereocenters. The molecule has 1 aromatic carbocycles. The summed E-state index contributed by atoms with van der Waals surface area (Å²) in [6.07, 6.45) is 2.07. The largest absolute Gasteiger partial charge is 0.369 e. The van der Waals surface area contributed by atoms with Crippen molar-refractivity contribution in [1.82, 2.24) is 14.7 Å². The molecular formula is C21H22N4O3. The van der Waals surface area contributed by atoms with Crippen LogP contribution in [0.4, 0.5) is 0 Å². The molecule has 7 heteroatoms. The van der Waals surface area contributed by atoms with Crippen molar-refractivity contribution in [3.63, 3.8) is 0 Å². The average molecular weight is 378 g/mol. The number of carbonyl (C=O) groups is 2. The number of likely N-dealkylation sites (N-methyl/N-ethyl adjacent to an activating group) is 1. The number of rotatable bonds is 2. The van der Waals surface area contributed by atoms with Crippen LogP contribution in [0.15, 0.2) is 24.3 Å². The lowest BCUT2D eigenvalue weighted by Crippen LogP contribution is -2.37. The van der Waals surface area contributed by atoms with Gasteiger partial charge in [-0.05, 0) is 37.0 Å². The molecule has 1 fully saturated rings. The van der Waals surface area contributed by atoms with Gasteiger partial charge < -0.3 is 15.7 Å². The first-order chi connectivity index (χ1) is 13.3. The third kappa shape index (κ3) is 2.86. The minimum atomic E-state index is -1.63. The third-order valence-electron chi connectivity index (χ3n) is 5.58. The SMILES string of the molecule is CC1CCc2c1c(C(N)=O)nn2-c1cccc(C#CC2(O)CCN(C)C2=O)c1. The highest BCUT2D eigenvalue weighted by Crippen LogP contribution is 2.36. The molecule has 0 spiro atoms. The Balaban J connectivity index is 1.71. The van der Waals surface area contributed by atoms with Gasteiger partial charge in [-0.2, -0.15) is 5.10 Å². The summed E-state index contributed by atoms with van der Waals surface area (Å²) in [5, 5.41) is 14.9. The van der Waals surface area contributed by atoms with E-state index >= 15 is 0 Å². The van der Waals surface area contributed by atoms with Crippen LogP contribution in [0.5, 0.6) is 0 Å². The zero-order valence-corrected chi connectivity index (χ0v) is 15.9. The van der Waals surface area contributed by atoms with Crippen LogP contribution in [0, 0.1) is 11.8 Å². The average Bonchev–Trinajstić information content (AvgIpc) is 3.31. The molecule has 3 N–H and O–H groups in total. The zero-order valence-electron chi connectivity index (χ0n) is 15.9. The number of carbonyl (C=O) groups excluding carboxylic acids is 2. The smallest absolute Gasteiger partial charge is 0.269 e. The molecule has 2 atom stereocenters. The number of fused-ring (bicyclic) bond motifs is 1. The number of nitrogens with two attached hydrogens (primary N) is 1. The Morgan fingerprint density at radius 2 is 2.21 bits per heavy atom. The molecule has 1 aliphatic heterocycles. The van der Waals surface area contributed by atoms with E-state index in [1.54, 1.807) is 11.7 Å². The number of likely N-dealkylation sites (tertiary alicyclic amines) is 1. The van der Waals surface area contributed by atoms with Crippen molar-refractivity contribution >= 4 is 11.8 Å². The van der Waals surface area contributed by atoms with Gasteiger partial charge in [-0.1, -0.05) is 24.8 Å². The Bertz CT molecular complexity index is 1050. The monoisotopic (exact) mass is 378 g/mol. The van der Waals surface area contributed by atoms with Gasteiger partial charge >= 0.3 is 0 Å². The van der Waals surface area contributed by atoms with E-state index in [1.807, 2.05) is 24.3 Å². The summed E-state index contributed by atoms with van der Waals surface area (Å²) >= 11 is 0. The van der Waals surface area contributed by atoms with Crippen molar-refractivity contribution in [3.8, 4) is 17.5 Å². The quantitative estimate of drug-likeness (QED) is 0.760. The maximum absolute atomic E-state index is 12.1. The van der Waals surface area contributed by atoms with Crippen molar-refractivity contribution < 1.29 is 14.7 Å². The summed E-state index contributed by atoms with van der Waals surface area (Å²) in [4.78, 5) is 25.4. The second kappa shape index (κ2) is 6.50. The third-order valence-corrected chi connectivity index (χ3v) is 5.58. The van der Waals surface area contributed by atoms with Gasteiger partial charge in [-0.15, -0.1) is 0 Å². The normalized spacial score (nSPS) is 23.5. The summed E-state index contributed by atoms with van der Waals surface area (Å²) in [6, 6.07) is 7.36. The van der Waals surface area contributed by atoms with E-state index in [2.05, 4.69) is 23.9 Å². The minimum absolute atomic E-state index is 0.244. The highest BCUT2D eigenvalue weighted by atomic mass is 16.3. The maximum atomic E-state index is 12.1. The van der Waals surface area contributed by atoms with E-state index in [0.29, 0.717) is 24.2 Å². The molecule has 2 aliphatic rings. The van der Waals surface area contributed by atoms with Gasteiger partial charge in [0.1, 0.15) is 0 Å². The molecule has 0 bridgehead atoms. The Labute approximate surface area is 163 Å². The molecule has 2 aromatic rings. The lowest BCUT2D eigenvalue weighted by atomic mass is 10.0. The second-order valence-corrected chi connectivity index (χ2v) is 7.56. The van der Waals surface area contributed by atoms with Crippen molar-refractivity contribution in [1.29, 1.82) is 0 Å². The molecular weight excluding hydrogens is 356 g/mol. The second-order valence-electron chi connectivity index (χ2n) is 7.56. The van der Waals surface area contributed by atoms with Gasteiger partial charge in [0.15, 0.2) is 5.69 Å². The van der Waals surface area contributed by atoms with Crippen molar-refractivity contribution in [3.05, 3.63) is 46.8 Å². The van der Waals surface area contributed by atoms with Crippen LogP contribution in [0.3, 0.4) is 0 Å². The molecule has 144 valence electrons. The van der Waals surface area contributed by atoms with E-state index < -0.39 is 11.5 Å². The Kier molecular flexibility index (Phi) is 4.24. The number of hydrogen-bond donors (Lipinski definition) is 2. The first-order valence-electron chi connectivity index (χ1n) is 9.33. The van der Waals surface area contributed by atoms with Crippen LogP contribution in [0.1, 0.15) is 53.0 Å². The predicted molar refractivity (Wildman–Crippen MR) is 103 cm³/mol. The van der Waals surface area contributed by atoms with Gasteiger partial charge in [0.25, 0.3) is 11.8 Å². The molecule has 7 nitrogen and oxygen atoms in total. The van der Waals surface area contributed by atoms with Gasteiger partial charge in [0, 0.05) is 36.8 Å². The van der Waals surface area contributed by atoms with Crippen LogP contribution in [-0.4, -0.2) is 50.8 Å². The van der Waals surface area contributed by atoms with E-state index in [1.165, 1.54) is 4.90 Å². The molecule has 4 rings (SSSR count). The summed E-state index contributed by atoms with van der Waals surface area (Å²) in [6.45, 7) is 2.56. The van der Waals surface area contributed by atoms with E-state index in [0.717, 1.165) is 29.8 Å². The highest BCUT2D eigenvalue weighted by Gasteiger charge is 2.42. The molecule has 1 aliphatic carbocycles. The number of benzene rings is 1. The van der Waals surface area contributed by atoms with Gasteiger partial charge in [-0.3, -0.25) is 9.59 Å². The highest BCUT2D eigenvalue weighted by molar-refractivity contribution is 5.93. The molecule has 28 heavy (non-hydrogen) atoms. The molecule has 2 heterocycles. The number of amides is 2. The van der Waals surface area contributed by atoms with Crippen LogP contribution >= 0.6 is 0 Å². The van der Waals surface area contributed by atoms with Gasteiger partial charge in [-0.25, -0.2) is 4.68 Å². The van der Waals surface area contributed by atoms with Crippen molar-refractivity contribution in [2.45, 2.75) is 37.7 Å². The van der Waals surface area contributed by atoms with E-state index in [9.17, 15) is 14.7 Å². The van der Waals surface area contributed by atoms with Crippen molar-refractivity contribution in [2.24, 2.45) is 5.73 Å². The fourth-order valence-electron chi connectivity index (χ4n) is 3.98. The summed E-state index contributed by atoms with van der Waals surface area (Å²) in [5.74, 6) is 4.99. The maximum Gasteiger partial charge on any atom is 0.269 e. The molecule has 0 radical (unpaired) electrons. The predicted octanol–water partition coefficient (Wildman–Crippen LogP) is 0.966. The minimum Gasteiger partial charge on any atom is -0.369 e. The van der Waals surface area contributed by atoms with E-state index in [-0.39, 0.29) is 11.8 Å². The van der Waals surface area contributed by atoms with Gasteiger partial charge in [0.05, 0.1) is 5.69 Å².